The first kappa shape index (κ1) is 23.3. The van der Waals surface area contributed by atoms with Gasteiger partial charge in [0.1, 0.15) is 5.82 Å². The van der Waals surface area contributed by atoms with Gasteiger partial charge >= 0.3 is 0 Å². The molecule has 168 valence electrons. The van der Waals surface area contributed by atoms with Gasteiger partial charge in [-0.25, -0.2) is 4.98 Å². The van der Waals surface area contributed by atoms with Crippen LogP contribution in [0.1, 0.15) is 56.2 Å². The minimum atomic E-state index is -0.128. The monoisotopic (exact) mass is 431 g/mol. The SMILES string of the molecule is CCN(CC)c1cc(C)nc(Nc2ccc(NC(=O)c3ccc(C(C)(C)C)cc3)cc2)n1. The first-order valence-electron chi connectivity index (χ1n) is 11.1. The number of rotatable bonds is 7. The summed E-state index contributed by atoms with van der Waals surface area (Å²) in [4.78, 5) is 23.9. The number of carbonyl (C=O) groups is 1. The predicted octanol–water partition coefficient (Wildman–Crippen LogP) is 5.92. The molecule has 0 aliphatic carbocycles. The number of benzene rings is 2. The van der Waals surface area contributed by atoms with E-state index in [4.69, 9.17) is 0 Å². The second-order valence-electron chi connectivity index (χ2n) is 8.85. The summed E-state index contributed by atoms with van der Waals surface area (Å²) in [5.74, 6) is 1.34. The van der Waals surface area contributed by atoms with E-state index in [0.717, 1.165) is 36.0 Å². The fraction of sp³-hybridized carbons (Fsp3) is 0.346. The molecule has 1 aromatic heterocycles. The van der Waals surface area contributed by atoms with E-state index in [1.807, 2.05) is 61.5 Å². The van der Waals surface area contributed by atoms with Crippen molar-refractivity contribution in [1.29, 1.82) is 0 Å². The number of anilines is 4. The lowest BCUT2D eigenvalue weighted by atomic mass is 9.87. The van der Waals surface area contributed by atoms with Gasteiger partial charge in [-0.1, -0.05) is 32.9 Å². The molecule has 0 aliphatic rings. The van der Waals surface area contributed by atoms with Gasteiger partial charge in [0.05, 0.1) is 0 Å². The lowest BCUT2D eigenvalue weighted by Gasteiger charge is -2.20. The second kappa shape index (κ2) is 9.81. The smallest absolute Gasteiger partial charge is 0.255 e. The van der Waals surface area contributed by atoms with Gasteiger partial charge in [0.25, 0.3) is 5.91 Å². The molecular weight excluding hydrogens is 398 g/mol. The van der Waals surface area contributed by atoms with Crippen molar-refractivity contribution in [2.24, 2.45) is 0 Å². The quantitative estimate of drug-likeness (QED) is 0.485. The molecule has 0 fully saturated rings. The van der Waals surface area contributed by atoms with Crippen molar-refractivity contribution in [3.05, 3.63) is 71.4 Å². The Morgan fingerprint density at radius 3 is 2.06 bits per heavy atom. The van der Waals surface area contributed by atoms with Crippen molar-refractivity contribution in [2.75, 3.05) is 28.6 Å². The van der Waals surface area contributed by atoms with E-state index >= 15 is 0 Å². The molecule has 2 aromatic carbocycles. The normalized spacial score (nSPS) is 11.2. The van der Waals surface area contributed by atoms with E-state index in [1.54, 1.807) is 0 Å². The van der Waals surface area contributed by atoms with Crippen molar-refractivity contribution in [2.45, 2.75) is 47.0 Å². The number of amides is 1. The molecule has 32 heavy (non-hydrogen) atoms. The standard InChI is InChI=1S/C26H33N5O/c1-7-31(8-2)23-17-18(3)27-25(30-23)29-22-15-13-21(14-16-22)28-24(32)19-9-11-20(12-10-19)26(4,5)6/h9-17H,7-8H2,1-6H3,(H,28,32)(H,27,29,30). The van der Waals surface area contributed by atoms with Crippen molar-refractivity contribution in [3.63, 3.8) is 0 Å². The molecule has 3 rings (SSSR count). The minimum Gasteiger partial charge on any atom is -0.357 e. The van der Waals surface area contributed by atoms with Crippen LogP contribution in [-0.4, -0.2) is 29.0 Å². The highest BCUT2D eigenvalue weighted by molar-refractivity contribution is 6.04. The molecule has 0 saturated heterocycles. The maximum atomic E-state index is 12.6. The highest BCUT2D eigenvalue weighted by atomic mass is 16.1. The Bertz CT molecular complexity index is 1050. The summed E-state index contributed by atoms with van der Waals surface area (Å²) in [5.41, 5.74) is 4.39. The molecule has 1 heterocycles. The Morgan fingerprint density at radius 2 is 1.50 bits per heavy atom. The number of nitrogens with one attached hydrogen (secondary N) is 2. The van der Waals surface area contributed by atoms with Gasteiger partial charge in [-0.2, -0.15) is 4.98 Å². The van der Waals surface area contributed by atoms with E-state index in [-0.39, 0.29) is 11.3 Å². The first-order valence-corrected chi connectivity index (χ1v) is 11.1. The van der Waals surface area contributed by atoms with Crippen LogP contribution in [0.25, 0.3) is 0 Å². The average Bonchev–Trinajstić information content (AvgIpc) is 2.75. The fourth-order valence-corrected chi connectivity index (χ4v) is 3.41. The number of aromatic nitrogens is 2. The first-order chi connectivity index (χ1) is 15.2. The average molecular weight is 432 g/mol. The molecule has 6 nitrogen and oxygen atoms in total. The zero-order valence-corrected chi connectivity index (χ0v) is 19.9. The van der Waals surface area contributed by atoms with Gasteiger partial charge in [0.15, 0.2) is 0 Å². The molecule has 6 heteroatoms. The Hall–Kier alpha value is -3.41. The van der Waals surface area contributed by atoms with Crippen LogP contribution in [0, 0.1) is 6.92 Å². The molecule has 0 atom stereocenters. The third-order valence-electron chi connectivity index (χ3n) is 5.34. The van der Waals surface area contributed by atoms with Crippen LogP contribution < -0.4 is 15.5 Å². The number of hydrogen-bond donors (Lipinski definition) is 2. The molecular formula is C26H33N5O. The summed E-state index contributed by atoms with van der Waals surface area (Å²) < 4.78 is 0. The van der Waals surface area contributed by atoms with Crippen LogP contribution in [-0.2, 0) is 5.41 Å². The highest BCUT2D eigenvalue weighted by Crippen LogP contribution is 2.23. The van der Waals surface area contributed by atoms with Gasteiger partial charge < -0.3 is 15.5 Å². The number of aryl methyl sites for hydroxylation is 1. The fourth-order valence-electron chi connectivity index (χ4n) is 3.41. The molecule has 0 saturated carbocycles. The van der Waals surface area contributed by atoms with Crippen LogP contribution in [0.4, 0.5) is 23.1 Å². The van der Waals surface area contributed by atoms with Crippen molar-refractivity contribution in [1.82, 2.24) is 9.97 Å². The minimum absolute atomic E-state index is 0.0605. The Morgan fingerprint density at radius 1 is 0.906 bits per heavy atom. The lowest BCUT2D eigenvalue weighted by molar-refractivity contribution is 0.102. The van der Waals surface area contributed by atoms with E-state index in [2.05, 4.69) is 60.1 Å². The number of hydrogen-bond acceptors (Lipinski definition) is 5. The molecule has 2 N–H and O–H groups in total. The van der Waals surface area contributed by atoms with Crippen molar-refractivity contribution >= 4 is 29.0 Å². The van der Waals surface area contributed by atoms with E-state index in [0.29, 0.717) is 11.5 Å². The van der Waals surface area contributed by atoms with Crippen LogP contribution in [0.5, 0.6) is 0 Å². The van der Waals surface area contributed by atoms with Gasteiger partial charge in [0, 0.05) is 41.8 Å². The number of carbonyl (C=O) groups excluding carboxylic acids is 1. The predicted molar refractivity (Wildman–Crippen MR) is 133 cm³/mol. The molecule has 0 spiro atoms. The lowest BCUT2D eigenvalue weighted by Crippen LogP contribution is -2.23. The van der Waals surface area contributed by atoms with E-state index in [1.165, 1.54) is 5.56 Å². The molecule has 0 unspecified atom stereocenters. The maximum absolute atomic E-state index is 12.6. The topological polar surface area (TPSA) is 70.2 Å². The van der Waals surface area contributed by atoms with Gasteiger partial charge in [-0.3, -0.25) is 4.79 Å². The zero-order chi connectivity index (χ0) is 23.3. The largest absolute Gasteiger partial charge is 0.357 e. The van der Waals surface area contributed by atoms with Crippen LogP contribution >= 0.6 is 0 Å². The molecule has 1 amide bonds. The summed E-state index contributed by atoms with van der Waals surface area (Å²) in [5, 5.41) is 6.21. The van der Waals surface area contributed by atoms with E-state index < -0.39 is 0 Å². The highest BCUT2D eigenvalue weighted by Gasteiger charge is 2.14. The van der Waals surface area contributed by atoms with Gasteiger partial charge in [-0.15, -0.1) is 0 Å². The summed E-state index contributed by atoms with van der Waals surface area (Å²) in [6, 6.07) is 17.3. The number of nitrogens with zero attached hydrogens (tertiary/aromatic N) is 3. The molecule has 3 aromatic rings. The Labute approximate surface area is 191 Å². The second-order valence-corrected chi connectivity index (χ2v) is 8.85. The molecule has 0 radical (unpaired) electrons. The van der Waals surface area contributed by atoms with Gasteiger partial charge in [0.2, 0.25) is 5.95 Å². The van der Waals surface area contributed by atoms with E-state index in [9.17, 15) is 4.79 Å². The van der Waals surface area contributed by atoms with Crippen LogP contribution in [0.2, 0.25) is 0 Å². The Kier molecular flexibility index (Phi) is 7.13. The summed E-state index contributed by atoms with van der Waals surface area (Å²) in [6.07, 6.45) is 0. The van der Waals surface area contributed by atoms with Crippen LogP contribution in [0.15, 0.2) is 54.6 Å². The van der Waals surface area contributed by atoms with Crippen LogP contribution in [0.3, 0.4) is 0 Å². The Balaban J connectivity index is 1.67. The maximum Gasteiger partial charge on any atom is 0.255 e. The zero-order valence-electron chi connectivity index (χ0n) is 19.9. The molecule has 0 aliphatic heterocycles. The third-order valence-corrected chi connectivity index (χ3v) is 5.34. The van der Waals surface area contributed by atoms with Crippen molar-refractivity contribution < 1.29 is 4.79 Å². The summed E-state index contributed by atoms with van der Waals surface area (Å²) >= 11 is 0. The van der Waals surface area contributed by atoms with Crippen molar-refractivity contribution in [3.8, 4) is 0 Å². The summed E-state index contributed by atoms with van der Waals surface area (Å²) in [6.45, 7) is 14.4. The molecule has 0 bridgehead atoms. The summed E-state index contributed by atoms with van der Waals surface area (Å²) in [7, 11) is 0. The van der Waals surface area contributed by atoms with Gasteiger partial charge in [-0.05, 0) is 68.1 Å². The third kappa shape index (κ3) is 5.84.